The predicted molar refractivity (Wildman–Crippen MR) is 83.7 cm³/mol. The van der Waals surface area contributed by atoms with Gasteiger partial charge in [0.25, 0.3) is 0 Å². The van der Waals surface area contributed by atoms with E-state index in [1.165, 1.54) is 19.3 Å². The highest BCUT2D eigenvalue weighted by atomic mass is 16.5. The normalized spacial score (nSPS) is 16.0. The Morgan fingerprint density at radius 2 is 1.86 bits per heavy atom. The molecule has 0 radical (unpaired) electrons. The molecule has 1 saturated carbocycles. The number of ether oxygens (including phenoxy) is 2. The molecular formula is C17H25NO3. The third-order valence-electron chi connectivity index (χ3n) is 3.51. The van der Waals surface area contributed by atoms with E-state index in [9.17, 15) is 4.79 Å². The number of benzene rings is 1. The molecule has 0 saturated heterocycles. The summed E-state index contributed by atoms with van der Waals surface area (Å²) >= 11 is 0. The smallest absolute Gasteiger partial charge is 0.250 e. The number of hydrogen-bond donors (Lipinski definition) is 1. The van der Waals surface area contributed by atoms with Crippen LogP contribution in [0.15, 0.2) is 24.3 Å². The van der Waals surface area contributed by atoms with Gasteiger partial charge in [0.2, 0.25) is 5.91 Å². The second-order valence-corrected chi connectivity index (χ2v) is 5.81. The quantitative estimate of drug-likeness (QED) is 0.868. The molecule has 21 heavy (non-hydrogen) atoms. The van der Waals surface area contributed by atoms with Crippen molar-refractivity contribution in [3.05, 3.63) is 24.3 Å². The summed E-state index contributed by atoms with van der Waals surface area (Å²) in [5.74, 6) is 0.708. The largest absolute Gasteiger partial charge is 0.491 e. The monoisotopic (exact) mass is 291 g/mol. The summed E-state index contributed by atoms with van der Waals surface area (Å²) in [5, 5.41) is 2.84. The zero-order valence-electron chi connectivity index (χ0n) is 12.9. The Kier molecular flexibility index (Phi) is 6.05. The second-order valence-electron chi connectivity index (χ2n) is 5.81. The Labute approximate surface area is 126 Å². The molecular weight excluding hydrogens is 266 g/mol. The molecule has 1 N–H and O–H groups in total. The van der Waals surface area contributed by atoms with Crippen molar-refractivity contribution in [3.63, 3.8) is 0 Å². The van der Waals surface area contributed by atoms with Crippen LogP contribution in [-0.4, -0.2) is 24.7 Å². The van der Waals surface area contributed by atoms with Crippen molar-refractivity contribution in [2.24, 2.45) is 0 Å². The molecule has 0 aliphatic heterocycles. The summed E-state index contributed by atoms with van der Waals surface area (Å²) in [6.07, 6.45) is 6.27. The van der Waals surface area contributed by atoms with Gasteiger partial charge >= 0.3 is 0 Å². The molecule has 1 aliphatic rings. The highest BCUT2D eigenvalue weighted by Crippen LogP contribution is 2.20. The van der Waals surface area contributed by atoms with Crippen molar-refractivity contribution < 1.29 is 14.3 Å². The Balaban J connectivity index is 1.74. The van der Waals surface area contributed by atoms with Crippen molar-refractivity contribution in [1.29, 1.82) is 0 Å². The predicted octanol–water partition coefficient (Wildman–Crippen LogP) is 3.76. The van der Waals surface area contributed by atoms with Gasteiger partial charge in [-0.3, -0.25) is 4.79 Å². The average Bonchev–Trinajstić information content (AvgIpc) is 2.48. The molecule has 4 nitrogen and oxygen atoms in total. The standard InChI is InChI=1S/C17H25NO3/c1-13(2)21-16-10-8-14(9-11-16)18-17(19)12-20-15-6-4-3-5-7-15/h8-11,13,15H,3-7,12H2,1-2H3,(H,18,19). The van der Waals surface area contributed by atoms with Gasteiger partial charge in [-0.05, 0) is 51.0 Å². The zero-order chi connectivity index (χ0) is 15.1. The van der Waals surface area contributed by atoms with Crippen LogP contribution in [0, 0.1) is 0 Å². The molecule has 1 fully saturated rings. The number of hydrogen-bond acceptors (Lipinski definition) is 3. The molecule has 0 spiro atoms. The van der Waals surface area contributed by atoms with Crippen LogP contribution in [0.5, 0.6) is 5.75 Å². The molecule has 0 bridgehead atoms. The molecule has 0 heterocycles. The van der Waals surface area contributed by atoms with Crippen LogP contribution in [0.2, 0.25) is 0 Å². The Hall–Kier alpha value is -1.55. The van der Waals surface area contributed by atoms with Crippen LogP contribution in [0.3, 0.4) is 0 Å². The molecule has 0 unspecified atom stereocenters. The molecule has 1 aromatic rings. The lowest BCUT2D eigenvalue weighted by Crippen LogP contribution is -2.24. The summed E-state index contributed by atoms with van der Waals surface area (Å²) in [5.41, 5.74) is 0.767. The van der Waals surface area contributed by atoms with Crippen molar-refractivity contribution >= 4 is 11.6 Å². The lowest BCUT2D eigenvalue weighted by atomic mass is 9.98. The minimum absolute atomic E-state index is 0.0990. The third kappa shape index (κ3) is 5.76. The molecule has 1 aliphatic carbocycles. The van der Waals surface area contributed by atoms with Crippen LogP contribution in [0.4, 0.5) is 5.69 Å². The fourth-order valence-electron chi connectivity index (χ4n) is 2.51. The van der Waals surface area contributed by atoms with Crippen LogP contribution in [0.25, 0.3) is 0 Å². The van der Waals surface area contributed by atoms with E-state index in [-0.39, 0.29) is 24.7 Å². The van der Waals surface area contributed by atoms with Crippen LogP contribution >= 0.6 is 0 Å². The molecule has 0 aromatic heterocycles. The maximum Gasteiger partial charge on any atom is 0.250 e. The molecule has 4 heteroatoms. The first kappa shape index (κ1) is 15.8. The second kappa shape index (κ2) is 8.03. The number of rotatable bonds is 6. The van der Waals surface area contributed by atoms with Crippen molar-refractivity contribution in [2.75, 3.05) is 11.9 Å². The van der Waals surface area contributed by atoms with Gasteiger partial charge in [0.1, 0.15) is 12.4 Å². The minimum atomic E-state index is -0.0990. The molecule has 2 rings (SSSR count). The first-order chi connectivity index (χ1) is 10.1. The van der Waals surface area contributed by atoms with Gasteiger partial charge in [-0.25, -0.2) is 0 Å². The van der Waals surface area contributed by atoms with E-state index in [0.717, 1.165) is 24.3 Å². The van der Waals surface area contributed by atoms with Gasteiger partial charge in [0, 0.05) is 5.69 Å². The summed E-state index contributed by atoms with van der Waals surface area (Å²) in [6, 6.07) is 7.40. The number of carbonyl (C=O) groups is 1. The molecule has 1 aromatic carbocycles. The third-order valence-corrected chi connectivity index (χ3v) is 3.51. The van der Waals surface area contributed by atoms with Crippen LogP contribution in [0.1, 0.15) is 46.0 Å². The lowest BCUT2D eigenvalue weighted by Gasteiger charge is -2.21. The van der Waals surface area contributed by atoms with Gasteiger partial charge < -0.3 is 14.8 Å². The van der Waals surface area contributed by atoms with Gasteiger partial charge in [0.05, 0.1) is 12.2 Å². The van der Waals surface area contributed by atoms with Crippen LogP contribution in [-0.2, 0) is 9.53 Å². The van der Waals surface area contributed by atoms with Gasteiger partial charge in [-0.2, -0.15) is 0 Å². The Bertz CT molecular complexity index is 436. The number of carbonyl (C=O) groups excluding carboxylic acids is 1. The maximum absolute atomic E-state index is 11.9. The van der Waals surface area contributed by atoms with E-state index >= 15 is 0 Å². The highest BCUT2D eigenvalue weighted by Gasteiger charge is 2.15. The molecule has 1 amide bonds. The summed E-state index contributed by atoms with van der Waals surface area (Å²) in [7, 11) is 0. The van der Waals surface area contributed by atoms with E-state index in [4.69, 9.17) is 9.47 Å². The van der Waals surface area contributed by atoms with Gasteiger partial charge in [0.15, 0.2) is 0 Å². The van der Waals surface area contributed by atoms with Crippen molar-refractivity contribution in [3.8, 4) is 5.75 Å². The number of nitrogens with one attached hydrogen (secondary N) is 1. The fourth-order valence-corrected chi connectivity index (χ4v) is 2.51. The Morgan fingerprint density at radius 3 is 2.48 bits per heavy atom. The van der Waals surface area contributed by atoms with E-state index in [0.29, 0.717) is 0 Å². The van der Waals surface area contributed by atoms with Crippen molar-refractivity contribution in [2.45, 2.75) is 58.2 Å². The minimum Gasteiger partial charge on any atom is -0.491 e. The van der Waals surface area contributed by atoms with E-state index in [1.54, 1.807) is 0 Å². The Morgan fingerprint density at radius 1 is 1.19 bits per heavy atom. The fraction of sp³-hybridized carbons (Fsp3) is 0.588. The van der Waals surface area contributed by atoms with Gasteiger partial charge in [-0.1, -0.05) is 19.3 Å². The van der Waals surface area contributed by atoms with E-state index in [2.05, 4.69) is 5.32 Å². The summed E-state index contributed by atoms with van der Waals surface area (Å²) < 4.78 is 11.2. The zero-order valence-corrected chi connectivity index (χ0v) is 12.9. The molecule has 116 valence electrons. The number of anilines is 1. The maximum atomic E-state index is 11.9. The average molecular weight is 291 g/mol. The number of amides is 1. The van der Waals surface area contributed by atoms with Crippen LogP contribution < -0.4 is 10.1 Å². The summed E-state index contributed by atoms with van der Waals surface area (Å²) in [4.78, 5) is 11.9. The SMILES string of the molecule is CC(C)Oc1ccc(NC(=O)COC2CCCCC2)cc1. The summed E-state index contributed by atoms with van der Waals surface area (Å²) in [6.45, 7) is 4.10. The molecule has 0 atom stereocenters. The topological polar surface area (TPSA) is 47.6 Å². The van der Waals surface area contributed by atoms with Gasteiger partial charge in [-0.15, -0.1) is 0 Å². The van der Waals surface area contributed by atoms with Crippen molar-refractivity contribution in [1.82, 2.24) is 0 Å². The van der Waals surface area contributed by atoms with E-state index in [1.807, 2.05) is 38.1 Å². The van der Waals surface area contributed by atoms with E-state index < -0.39 is 0 Å². The first-order valence-electron chi connectivity index (χ1n) is 7.81. The first-order valence-corrected chi connectivity index (χ1v) is 7.81. The lowest BCUT2D eigenvalue weighted by molar-refractivity contribution is -0.123. The highest BCUT2D eigenvalue weighted by molar-refractivity contribution is 5.91.